The van der Waals surface area contributed by atoms with Crippen molar-refractivity contribution in [2.24, 2.45) is 0 Å². The fraction of sp³-hybridized carbons (Fsp3) is 0.222. The van der Waals surface area contributed by atoms with E-state index in [1.165, 1.54) is 22.3 Å². The van der Waals surface area contributed by atoms with Crippen LogP contribution in [-0.4, -0.2) is 19.2 Å². The first kappa shape index (κ1) is 14.2. The first-order valence-electron chi connectivity index (χ1n) is 7.27. The number of benzene rings is 2. The molecule has 0 aliphatic heterocycles. The minimum atomic E-state index is -0.475. The van der Waals surface area contributed by atoms with Crippen LogP contribution in [0.4, 0.5) is 4.79 Å². The maximum Gasteiger partial charge on any atom is 0.407 e. The van der Waals surface area contributed by atoms with Gasteiger partial charge in [0, 0.05) is 12.5 Å². The van der Waals surface area contributed by atoms with Gasteiger partial charge in [-0.25, -0.2) is 4.79 Å². The zero-order valence-corrected chi connectivity index (χ0v) is 12.1. The van der Waals surface area contributed by atoms with E-state index in [1.807, 2.05) is 30.3 Å². The summed E-state index contributed by atoms with van der Waals surface area (Å²) < 4.78 is 5.33. The Bertz CT molecular complexity index is 688. The third-order valence-electron chi connectivity index (χ3n) is 3.85. The summed E-state index contributed by atoms with van der Waals surface area (Å²) in [5.41, 5.74) is 4.79. The molecule has 4 heteroatoms. The number of fused-ring (bicyclic) bond motifs is 3. The maximum absolute atomic E-state index is 11.7. The molecule has 0 saturated carbocycles. The van der Waals surface area contributed by atoms with Crippen LogP contribution >= 0.6 is 0 Å². The Kier molecular flexibility index (Phi) is 4.06. The van der Waals surface area contributed by atoms with Crippen molar-refractivity contribution in [3.63, 3.8) is 0 Å². The number of ether oxygens (including phenoxy) is 1. The Labute approximate surface area is 129 Å². The van der Waals surface area contributed by atoms with Crippen molar-refractivity contribution in [1.82, 2.24) is 5.32 Å². The molecular weight excluding hydrogens is 276 g/mol. The number of nitrogens with zero attached hydrogens (tertiary/aromatic N) is 1. The Morgan fingerprint density at radius 1 is 1.09 bits per heavy atom. The number of nitrogens with one attached hydrogen (secondary N) is 1. The second kappa shape index (κ2) is 6.31. The lowest BCUT2D eigenvalue weighted by molar-refractivity contribution is 0.143. The van der Waals surface area contributed by atoms with Crippen molar-refractivity contribution >= 4 is 6.09 Å². The number of carbonyl (C=O) groups excluding carboxylic acids is 1. The maximum atomic E-state index is 11.7. The normalized spacial score (nSPS) is 12.1. The summed E-state index contributed by atoms with van der Waals surface area (Å²) in [7, 11) is 0. The summed E-state index contributed by atoms with van der Waals surface area (Å²) in [6, 6.07) is 18.4. The van der Waals surface area contributed by atoms with Crippen LogP contribution in [0.25, 0.3) is 11.1 Å². The molecule has 1 aliphatic carbocycles. The van der Waals surface area contributed by atoms with E-state index in [4.69, 9.17) is 10.00 Å². The number of carbonyl (C=O) groups is 1. The van der Waals surface area contributed by atoms with E-state index in [9.17, 15) is 4.79 Å². The van der Waals surface area contributed by atoms with Gasteiger partial charge in [-0.2, -0.15) is 5.26 Å². The number of rotatable bonds is 4. The fourth-order valence-electron chi connectivity index (χ4n) is 2.87. The van der Waals surface area contributed by atoms with E-state index in [-0.39, 0.29) is 12.3 Å². The van der Waals surface area contributed by atoms with Gasteiger partial charge in [-0.1, -0.05) is 48.5 Å². The molecule has 2 aromatic carbocycles. The number of hydrogen-bond acceptors (Lipinski definition) is 3. The van der Waals surface area contributed by atoms with Crippen molar-refractivity contribution < 1.29 is 9.53 Å². The van der Waals surface area contributed by atoms with Gasteiger partial charge in [0.2, 0.25) is 0 Å². The summed E-state index contributed by atoms with van der Waals surface area (Å²) >= 11 is 0. The quantitative estimate of drug-likeness (QED) is 0.878. The van der Waals surface area contributed by atoms with Crippen molar-refractivity contribution in [2.45, 2.75) is 12.3 Å². The summed E-state index contributed by atoms with van der Waals surface area (Å²) in [4.78, 5) is 11.7. The molecule has 0 spiro atoms. The van der Waals surface area contributed by atoms with Gasteiger partial charge in [-0.3, -0.25) is 0 Å². The lowest BCUT2D eigenvalue weighted by Gasteiger charge is -2.14. The molecule has 2 aromatic rings. The second-order valence-corrected chi connectivity index (χ2v) is 5.16. The molecule has 0 unspecified atom stereocenters. The highest BCUT2D eigenvalue weighted by molar-refractivity contribution is 5.79. The summed E-state index contributed by atoms with van der Waals surface area (Å²) in [6.45, 7) is 0.611. The first-order valence-corrected chi connectivity index (χ1v) is 7.27. The predicted molar refractivity (Wildman–Crippen MR) is 83.3 cm³/mol. The van der Waals surface area contributed by atoms with Crippen LogP contribution in [0, 0.1) is 11.3 Å². The van der Waals surface area contributed by atoms with Crippen LogP contribution in [0.15, 0.2) is 48.5 Å². The zero-order chi connectivity index (χ0) is 15.4. The standard InChI is InChI=1S/C18H16N2O2/c19-10-5-11-20-18(21)22-12-17-15-8-3-1-6-13(15)14-7-2-4-9-16(14)17/h1-4,6-9,17H,5,11-12H2,(H,20,21). The Morgan fingerprint density at radius 2 is 1.68 bits per heavy atom. The number of alkyl carbamates (subject to hydrolysis) is 1. The molecule has 4 nitrogen and oxygen atoms in total. The van der Waals surface area contributed by atoms with E-state index in [0.29, 0.717) is 13.2 Å². The van der Waals surface area contributed by atoms with Crippen molar-refractivity contribution in [3.05, 3.63) is 59.7 Å². The van der Waals surface area contributed by atoms with Crippen LogP contribution in [0.5, 0.6) is 0 Å². The third-order valence-corrected chi connectivity index (χ3v) is 3.85. The molecule has 0 atom stereocenters. The van der Waals surface area contributed by atoms with E-state index >= 15 is 0 Å². The van der Waals surface area contributed by atoms with E-state index in [0.717, 1.165) is 0 Å². The Balaban J connectivity index is 1.74. The molecule has 22 heavy (non-hydrogen) atoms. The van der Waals surface area contributed by atoms with Gasteiger partial charge >= 0.3 is 6.09 Å². The molecule has 0 bridgehead atoms. The van der Waals surface area contributed by atoms with Crippen molar-refractivity contribution in [1.29, 1.82) is 5.26 Å². The molecule has 1 amide bonds. The Hall–Kier alpha value is -2.80. The Morgan fingerprint density at radius 3 is 2.27 bits per heavy atom. The van der Waals surface area contributed by atoms with Gasteiger partial charge in [0.1, 0.15) is 6.61 Å². The van der Waals surface area contributed by atoms with Gasteiger partial charge < -0.3 is 10.1 Å². The summed E-state index contributed by atoms with van der Waals surface area (Å²) in [5.74, 6) is 0.0640. The number of amides is 1. The van der Waals surface area contributed by atoms with Crippen LogP contribution in [0.1, 0.15) is 23.5 Å². The predicted octanol–water partition coefficient (Wildman–Crippen LogP) is 3.44. The van der Waals surface area contributed by atoms with Crippen molar-refractivity contribution in [2.75, 3.05) is 13.2 Å². The third kappa shape index (κ3) is 2.66. The molecule has 1 N–H and O–H groups in total. The van der Waals surface area contributed by atoms with Gasteiger partial charge in [0.25, 0.3) is 0 Å². The molecule has 0 fully saturated rings. The molecule has 0 aromatic heterocycles. The highest BCUT2D eigenvalue weighted by Gasteiger charge is 2.28. The van der Waals surface area contributed by atoms with Crippen LogP contribution < -0.4 is 5.32 Å². The average Bonchev–Trinajstić information content (AvgIpc) is 2.87. The topological polar surface area (TPSA) is 62.1 Å². The fourth-order valence-corrected chi connectivity index (χ4v) is 2.87. The summed E-state index contributed by atoms with van der Waals surface area (Å²) in [6.07, 6.45) is -0.193. The van der Waals surface area contributed by atoms with Crippen LogP contribution in [-0.2, 0) is 4.74 Å². The van der Waals surface area contributed by atoms with Crippen molar-refractivity contribution in [3.8, 4) is 17.2 Å². The van der Waals surface area contributed by atoms with Crippen LogP contribution in [0.3, 0.4) is 0 Å². The molecule has 0 radical (unpaired) electrons. The van der Waals surface area contributed by atoms with Gasteiger partial charge in [-0.05, 0) is 22.3 Å². The highest BCUT2D eigenvalue weighted by atomic mass is 16.5. The largest absolute Gasteiger partial charge is 0.449 e. The van der Waals surface area contributed by atoms with Gasteiger partial charge in [0.05, 0.1) is 12.5 Å². The molecule has 0 saturated heterocycles. The highest BCUT2D eigenvalue weighted by Crippen LogP contribution is 2.44. The smallest absolute Gasteiger partial charge is 0.407 e. The van der Waals surface area contributed by atoms with Gasteiger partial charge in [0.15, 0.2) is 0 Å². The monoisotopic (exact) mass is 292 g/mol. The molecular formula is C18H16N2O2. The molecule has 1 aliphatic rings. The number of hydrogen-bond donors (Lipinski definition) is 1. The molecule has 110 valence electrons. The summed E-state index contributed by atoms with van der Waals surface area (Å²) in [5, 5.41) is 11.0. The minimum absolute atomic E-state index is 0.0640. The lowest BCUT2D eigenvalue weighted by atomic mass is 9.98. The van der Waals surface area contributed by atoms with Crippen LogP contribution in [0.2, 0.25) is 0 Å². The lowest BCUT2D eigenvalue weighted by Crippen LogP contribution is -2.26. The number of nitriles is 1. The van der Waals surface area contributed by atoms with E-state index in [1.54, 1.807) is 0 Å². The SMILES string of the molecule is N#CCCNC(=O)OCC1c2ccccc2-c2ccccc21. The zero-order valence-electron chi connectivity index (χ0n) is 12.1. The average molecular weight is 292 g/mol. The minimum Gasteiger partial charge on any atom is -0.449 e. The van der Waals surface area contributed by atoms with Gasteiger partial charge in [-0.15, -0.1) is 0 Å². The first-order chi connectivity index (χ1) is 10.8. The van der Waals surface area contributed by atoms with E-state index < -0.39 is 6.09 Å². The second-order valence-electron chi connectivity index (χ2n) is 5.16. The van der Waals surface area contributed by atoms with E-state index in [2.05, 4.69) is 29.6 Å². The molecule has 0 heterocycles. The molecule has 3 rings (SSSR count).